The minimum absolute atomic E-state index is 0.291. The second kappa shape index (κ2) is 8.28. The van der Waals surface area contributed by atoms with Crippen LogP contribution in [0.2, 0.25) is 0 Å². The minimum atomic E-state index is -0.291. The van der Waals surface area contributed by atoms with E-state index in [0.29, 0.717) is 12.1 Å². The molecule has 0 spiro atoms. The summed E-state index contributed by atoms with van der Waals surface area (Å²) in [5.41, 5.74) is 5.17. The molecule has 0 radical (unpaired) electrons. The van der Waals surface area contributed by atoms with E-state index in [0.717, 1.165) is 22.0 Å². The topological polar surface area (TPSA) is 31.2 Å². The lowest BCUT2D eigenvalue weighted by Gasteiger charge is -2.14. The van der Waals surface area contributed by atoms with Gasteiger partial charge in [0, 0.05) is 6.54 Å². The number of hydrogen-bond donors (Lipinski definition) is 0. The molecular weight excluding hydrogens is 342 g/mol. The first-order valence-electron chi connectivity index (χ1n) is 8.69. The van der Waals surface area contributed by atoms with Crippen LogP contribution in [0, 0.1) is 6.92 Å². The van der Waals surface area contributed by atoms with Crippen molar-refractivity contribution in [2.45, 2.75) is 25.4 Å². The molecule has 0 fully saturated rings. The van der Waals surface area contributed by atoms with E-state index in [1.807, 2.05) is 24.3 Å². The van der Waals surface area contributed by atoms with Crippen LogP contribution in [0.1, 0.15) is 28.4 Å². The molecule has 134 valence electrons. The van der Waals surface area contributed by atoms with Gasteiger partial charge in [-0.1, -0.05) is 67.1 Å². The Bertz CT molecular complexity index is 883. The van der Waals surface area contributed by atoms with Crippen LogP contribution in [-0.4, -0.2) is 23.4 Å². The van der Waals surface area contributed by atoms with E-state index in [2.05, 4.69) is 54.8 Å². The van der Waals surface area contributed by atoms with Gasteiger partial charge in [0.2, 0.25) is 0 Å². The van der Waals surface area contributed by atoms with Crippen LogP contribution in [0.15, 0.2) is 65.7 Å². The third kappa shape index (κ3) is 3.86. The summed E-state index contributed by atoms with van der Waals surface area (Å²) in [6, 6.07) is 20.7. The van der Waals surface area contributed by atoms with Gasteiger partial charge < -0.3 is 9.30 Å². The van der Waals surface area contributed by atoms with Crippen molar-refractivity contribution in [1.82, 2.24) is 4.57 Å². The zero-order chi connectivity index (χ0) is 18.5. The van der Waals surface area contributed by atoms with Crippen LogP contribution < -0.4 is 0 Å². The maximum absolute atomic E-state index is 12.4. The number of carbonyl (C=O) groups excluding carboxylic acids is 1. The highest BCUT2D eigenvalue weighted by Gasteiger charge is 2.22. The van der Waals surface area contributed by atoms with Crippen LogP contribution in [-0.2, 0) is 11.3 Å². The van der Waals surface area contributed by atoms with Crippen LogP contribution in [0.4, 0.5) is 0 Å². The Morgan fingerprint density at radius 1 is 1.08 bits per heavy atom. The van der Waals surface area contributed by atoms with Gasteiger partial charge in [-0.3, -0.25) is 0 Å². The first-order valence-corrected chi connectivity index (χ1v) is 9.68. The summed E-state index contributed by atoms with van der Waals surface area (Å²) in [4.78, 5) is 12.4. The van der Waals surface area contributed by atoms with Gasteiger partial charge in [0.05, 0.1) is 23.4 Å². The Morgan fingerprint density at radius 2 is 1.77 bits per heavy atom. The van der Waals surface area contributed by atoms with E-state index in [1.165, 1.54) is 18.2 Å². The van der Waals surface area contributed by atoms with Gasteiger partial charge in [-0.2, -0.15) is 0 Å². The molecule has 0 saturated heterocycles. The van der Waals surface area contributed by atoms with E-state index >= 15 is 0 Å². The number of aryl methyl sites for hydroxylation is 1. The molecule has 0 bridgehead atoms. The van der Waals surface area contributed by atoms with Crippen LogP contribution in [0.25, 0.3) is 11.3 Å². The zero-order valence-electron chi connectivity index (χ0n) is 15.4. The summed E-state index contributed by atoms with van der Waals surface area (Å²) in [5, 5.41) is 0.957. The Kier molecular flexibility index (Phi) is 5.84. The number of methoxy groups -OCH3 is 1. The molecule has 0 amide bonds. The van der Waals surface area contributed by atoms with E-state index in [-0.39, 0.29) is 5.97 Å². The molecule has 0 aliphatic rings. The molecule has 3 aromatic rings. The molecule has 4 heteroatoms. The van der Waals surface area contributed by atoms with E-state index in [9.17, 15) is 4.79 Å². The summed E-state index contributed by atoms with van der Waals surface area (Å²) >= 11 is 1.67. The molecule has 0 saturated carbocycles. The third-order valence-electron chi connectivity index (χ3n) is 4.26. The van der Waals surface area contributed by atoms with Crippen LogP contribution >= 0.6 is 11.8 Å². The number of nitrogens with zero attached hydrogens (tertiary/aromatic N) is 1. The third-order valence-corrected chi connectivity index (χ3v) is 5.27. The van der Waals surface area contributed by atoms with Gasteiger partial charge >= 0.3 is 5.97 Å². The lowest BCUT2D eigenvalue weighted by atomic mass is 10.1. The molecule has 0 N–H and O–H groups in total. The van der Waals surface area contributed by atoms with E-state index < -0.39 is 0 Å². The molecule has 0 aliphatic heterocycles. The summed E-state index contributed by atoms with van der Waals surface area (Å²) in [5.74, 6) is 0.594. The Hall–Kier alpha value is -2.46. The summed E-state index contributed by atoms with van der Waals surface area (Å²) in [6.07, 6.45) is 0. The lowest BCUT2D eigenvalue weighted by Crippen LogP contribution is -2.06. The van der Waals surface area contributed by atoms with Gasteiger partial charge in [0.1, 0.15) is 0 Å². The van der Waals surface area contributed by atoms with Gasteiger partial charge in [-0.15, -0.1) is 11.8 Å². The number of benzene rings is 2. The fraction of sp³-hybridized carbons (Fsp3) is 0.227. The quantitative estimate of drug-likeness (QED) is 0.432. The number of ether oxygens (including phenoxy) is 1. The number of thioether (sulfide) groups is 1. The molecule has 0 unspecified atom stereocenters. The van der Waals surface area contributed by atoms with Crippen LogP contribution in [0.5, 0.6) is 0 Å². The maximum Gasteiger partial charge on any atom is 0.340 e. The first kappa shape index (κ1) is 18.3. The standard InChI is InChI=1S/C22H23NO2S/c1-4-26-21-19(22(24)25-3)14-20(18-12-10-16(2)11-13-18)23(21)15-17-8-6-5-7-9-17/h5-14H,4,15H2,1-3H3. The summed E-state index contributed by atoms with van der Waals surface area (Å²) in [6.45, 7) is 4.88. The van der Waals surface area contributed by atoms with Crippen molar-refractivity contribution >= 4 is 17.7 Å². The highest BCUT2D eigenvalue weighted by atomic mass is 32.2. The maximum atomic E-state index is 12.4. The monoisotopic (exact) mass is 365 g/mol. The van der Waals surface area contributed by atoms with Crippen molar-refractivity contribution in [3.8, 4) is 11.3 Å². The van der Waals surface area contributed by atoms with Crippen molar-refractivity contribution in [2.75, 3.05) is 12.9 Å². The van der Waals surface area contributed by atoms with Crippen molar-refractivity contribution in [1.29, 1.82) is 0 Å². The number of esters is 1. The average Bonchev–Trinajstić information content (AvgIpc) is 3.01. The molecule has 2 aromatic carbocycles. The molecule has 26 heavy (non-hydrogen) atoms. The van der Waals surface area contributed by atoms with Crippen molar-refractivity contribution < 1.29 is 9.53 Å². The number of carbonyl (C=O) groups is 1. The minimum Gasteiger partial charge on any atom is -0.465 e. The fourth-order valence-corrected chi connectivity index (χ4v) is 3.86. The second-order valence-corrected chi connectivity index (χ2v) is 7.36. The smallest absolute Gasteiger partial charge is 0.340 e. The Morgan fingerprint density at radius 3 is 2.38 bits per heavy atom. The van der Waals surface area contributed by atoms with Crippen molar-refractivity contribution in [3.63, 3.8) is 0 Å². The van der Waals surface area contributed by atoms with Crippen molar-refractivity contribution in [3.05, 3.63) is 77.4 Å². The Balaban J connectivity index is 2.17. The molecule has 3 nitrogen and oxygen atoms in total. The second-order valence-electron chi connectivity index (χ2n) is 6.11. The van der Waals surface area contributed by atoms with Gasteiger partial charge in [-0.05, 0) is 29.9 Å². The SMILES string of the molecule is CCSc1c(C(=O)OC)cc(-c2ccc(C)cc2)n1Cc1ccccc1. The molecule has 0 atom stereocenters. The largest absolute Gasteiger partial charge is 0.465 e. The summed E-state index contributed by atoms with van der Waals surface area (Å²) < 4.78 is 7.25. The predicted octanol–water partition coefficient (Wildman–Crippen LogP) is 5.41. The number of aromatic nitrogens is 1. The average molecular weight is 365 g/mol. The lowest BCUT2D eigenvalue weighted by molar-refractivity contribution is 0.0596. The van der Waals surface area contributed by atoms with E-state index in [1.54, 1.807) is 11.8 Å². The normalized spacial score (nSPS) is 10.7. The Labute approximate surface area is 159 Å². The van der Waals surface area contributed by atoms with Crippen molar-refractivity contribution in [2.24, 2.45) is 0 Å². The molecule has 3 rings (SSSR count). The summed E-state index contributed by atoms with van der Waals surface area (Å²) in [7, 11) is 1.43. The van der Waals surface area contributed by atoms with Crippen LogP contribution in [0.3, 0.4) is 0 Å². The number of hydrogen-bond acceptors (Lipinski definition) is 3. The van der Waals surface area contributed by atoms with Gasteiger partial charge in [0.25, 0.3) is 0 Å². The zero-order valence-corrected chi connectivity index (χ0v) is 16.2. The molecule has 1 aromatic heterocycles. The van der Waals surface area contributed by atoms with Gasteiger partial charge in [-0.25, -0.2) is 4.79 Å². The first-order chi connectivity index (χ1) is 12.6. The fourth-order valence-electron chi connectivity index (χ4n) is 2.97. The molecule has 1 heterocycles. The molecule has 0 aliphatic carbocycles. The highest BCUT2D eigenvalue weighted by molar-refractivity contribution is 7.99. The number of rotatable bonds is 6. The predicted molar refractivity (Wildman–Crippen MR) is 108 cm³/mol. The highest BCUT2D eigenvalue weighted by Crippen LogP contribution is 2.34. The van der Waals surface area contributed by atoms with Gasteiger partial charge in [0.15, 0.2) is 0 Å². The van der Waals surface area contributed by atoms with E-state index in [4.69, 9.17) is 4.74 Å². The molecular formula is C22H23NO2S.